The molecular formula is C21H20ClN7O2. The summed E-state index contributed by atoms with van der Waals surface area (Å²) in [5.74, 6) is -0.0896. The van der Waals surface area contributed by atoms with Crippen LogP contribution in [0.15, 0.2) is 48.5 Å². The molecule has 4 N–H and O–H groups in total. The molecule has 1 aromatic heterocycles. The fourth-order valence-corrected chi connectivity index (χ4v) is 3.75. The number of hydrogen-bond donors (Lipinski definition) is 3. The number of anilines is 3. The maximum atomic E-state index is 13.2. The van der Waals surface area contributed by atoms with Crippen molar-refractivity contribution in [3.63, 3.8) is 0 Å². The number of nitrogens with zero attached hydrogens (tertiary/aromatic N) is 4. The molecule has 2 aromatic carbocycles. The van der Waals surface area contributed by atoms with Gasteiger partial charge in [-0.2, -0.15) is 15.0 Å². The summed E-state index contributed by atoms with van der Waals surface area (Å²) in [6.07, 6.45) is 0. The van der Waals surface area contributed by atoms with Crippen LogP contribution in [-0.4, -0.2) is 31.8 Å². The van der Waals surface area contributed by atoms with Crippen LogP contribution in [-0.2, 0) is 16.9 Å². The molecule has 0 aliphatic carbocycles. The van der Waals surface area contributed by atoms with Crippen molar-refractivity contribution < 1.29 is 9.59 Å². The Hall–Kier alpha value is -3.72. The van der Waals surface area contributed by atoms with Crippen LogP contribution in [0.2, 0.25) is 5.02 Å². The van der Waals surface area contributed by atoms with Crippen LogP contribution in [0.5, 0.6) is 0 Å². The highest BCUT2D eigenvalue weighted by molar-refractivity contribution is 6.32. The van der Waals surface area contributed by atoms with Gasteiger partial charge in [-0.05, 0) is 31.5 Å². The van der Waals surface area contributed by atoms with Crippen LogP contribution in [0.1, 0.15) is 23.9 Å². The van der Waals surface area contributed by atoms with E-state index in [1.807, 2.05) is 31.2 Å². The normalized spacial score (nSPS) is 18.2. The second-order valence-electron chi connectivity index (χ2n) is 7.30. The summed E-state index contributed by atoms with van der Waals surface area (Å²) in [4.78, 5) is 39.3. The van der Waals surface area contributed by atoms with Crippen molar-refractivity contribution in [1.82, 2.24) is 25.2 Å². The molecule has 10 heteroatoms. The molecule has 31 heavy (non-hydrogen) atoms. The van der Waals surface area contributed by atoms with E-state index in [1.54, 1.807) is 31.2 Å². The molecule has 9 nitrogen and oxygen atoms in total. The number of benzene rings is 2. The number of rotatable bonds is 5. The van der Waals surface area contributed by atoms with Gasteiger partial charge in [0.05, 0.1) is 6.54 Å². The summed E-state index contributed by atoms with van der Waals surface area (Å²) in [6, 6.07) is 13.9. The van der Waals surface area contributed by atoms with Crippen molar-refractivity contribution in [2.75, 3.05) is 11.1 Å². The van der Waals surface area contributed by atoms with Gasteiger partial charge < -0.3 is 16.4 Å². The van der Waals surface area contributed by atoms with Gasteiger partial charge in [0, 0.05) is 16.3 Å². The van der Waals surface area contributed by atoms with E-state index in [2.05, 4.69) is 25.6 Å². The Bertz CT molecular complexity index is 1190. The zero-order chi connectivity index (χ0) is 22.2. The van der Waals surface area contributed by atoms with E-state index >= 15 is 0 Å². The Kier molecular flexibility index (Phi) is 5.20. The molecule has 158 valence electrons. The van der Waals surface area contributed by atoms with Gasteiger partial charge in [0.15, 0.2) is 5.82 Å². The first-order valence-electron chi connectivity index (χ1n) is 9.50. The van der Waals surface area contributed by atoms with Crippen molar-refractivity contribution in [3.8, 4) is 0 Å². The van der Waals surface area contributed by atoms with Gasteiger partial charge >= 0.3 is 6.03 Å². The fraction of sp³-hybridized carbons (Fsp3) is 0.190. The fourth-order valence-electron chi connectivity index (χ4n) is 3.43. The van der Waals surface area contributed by atoms with Gasteiger partial charge in [-0.15, -0.1) is 0 Å². The topological polar surface area (TPSA) is 126 Å². The Balaban J connectivity index is 1.60. The van der Waals surface area contributed by atoms with Crippen LogP contribution in [0, 0.1) is 6.92 Å². The minimum Gasteiger partial charge on any atom is -0.368 e. The second-order valence-corrected chi connectivity index (χ2v) is 7.71. The van der Waals surface area contributed by atoms with Crippen molar-refractivity contribution >= 4 is 41.1 Å². The predicted octanol–water partition coefficient (Wildman–Crippen LogP) is 3.13. The number of nitrogens with one attached hydrogen (secondary N) is 2. The van der Waals surface area contributed by atoms with Crippen LogP contribution >= 0.6 is 11.6 Å². The smallest absolute Gasteiger partial charge is 0.325 e. The highest BCUT2D eigenvalue weighted by Gasteiger charge is 2.50. The summed E-state index contributed by atoms with van der Waals surface area (Å²) >= 11 is 6.27. The zero-order valence-electron chi connectivity index (χ0n) is 16.9. The predicted molar refractivity (Wildman–Crippen MR) is 117 cm³/mol. The van der Waals surface area contributed by atoms with E-state index in [0.29, 0.717) is 10.6 Å². The van der Waals surface area contributed by atoms with Crippen LogP contribution in [0.3, 0.4) is 0 Å². The summed E-state index contributed by atoms with van der Waals surface area (Å²) in [5, 5.41) is 6.19. The van der Waals surface area contributed by atoms with Gasteiger partial charge in [-0.25, -0.2) is 4.79 Å². The number of imide groups is 1. The number of para-hydroxylation sites is 1. The van der Waals surface area contributed by atoms with Crippen LogP contribution < -0.4 is 16.4 Å². The molecule has 1 atom stereocenters. The lowest BCUT2D eigenvalue weighted by Gasteiger charge is -2.23. The van der Waals surface area contributed by atoms with Crippen LogP contribution in [0.4, 0.5) is 22.4 Å². The SMILES string of the molecule is Cc1ccccc1Nc1nc(N)nc(CN2C(=O)N[C@@](C)(c3ccccc3Cl)C2=O)n1. The largest absolute Gasteiger partial charge is 0.368 e. The molecule has 1 fully saturated rings. The molecule has 0 saturated carbocycles. The number of hydrogen-bond acceptors (Lipinski definition) is 7. The molecule has 3 amide bonds. The Morgan fingerprint density at radius 2 is 1.81 bits per heavy atom. The average Bonchev–Trinajstić information content (AvgIpc) is 2.93. The zero-order valence-corrected chi connectivity index (χ0v) is 17.6. The van der Waals surface area contributed by atoms with Crippen molar-refractivity contribution in [1.29, 1.82) is 0 Å². The molecule has 2 heterocycles. The number of amides is 3. The third-order valence-corrected chi connectivity index (χ3v) is 5.41. The van der Waals surface area contributed by atoms with E-state index in [-0.39, 0.29) is 24.3 Å². The quantitative estimate of drug-likeness (QED) is 0.523. The molecule has 1 aliphatic heterocycles. The minimum atomic E-state index is -1.30. The van der Waals surface area contributed by atoms with Crippen LogP contribution in [0.25, 0.3) is 0 Å². The number of nitrogen functional groups attached to an aromatic ring is 1. The van der Waals surface area contributed by atoms with E-state index in [0.717, 1.165) is 16.2 Å². The minimum absolute atomic E-state index is 0.0259. The van der Waals surface area contributed by atoms with Gasteiger partial charge in [0.2, 0.25) is 11.9 Å². The molecule has 3 aromatic rings. The highest BCUT2D eigenvalue weighted by Crippen LogP contribution is 2.33. The van der Waals surface area contributed by atoms with Gasteiger partial charge in [0.25, 0.3) is 5.91 Å². The number of carbonyl (C=O) groups is 2. The Morgan fingerprint density at radius 1 is 1.10 bits per heavy atom. The molecular weight excluding hydrogens is 418 g/mol. The van der Waals surface area contributed by atoms with Crippen molar-refractivity contribution in [2.24, 2.45) is 0 Å². The maximum Gasteiger partial charge on any atom is 0.325 e. The maximum absolute atomic E-state index is 13.2. The van der Waals surface area contributed by atoms with E-state index in [4.69, 9.17) is 17.3 Å². The standard InChI is InChI=1S/C21H20ClN7O2/c1-12-7-3-6-10-15(12)24-19-26-16(25-18(23)27-19)11-29-17(30)21(2,28-20(29)31)13-8-4-5-9-14(13)22/h3-10H,11H2,1-2H3,(H,28,31)(H3,23,24,25,26,27)/t21-/m0/s1. The Labute approximate surface area is 183 Å². The number of halogens is 1. The first kappa shape index (κ1) is 20.5. The lowest BCUT2D eigenvalue weighted by molar-refractivity contribution is -0.131. The number of aromatic nitrogens is 3. The third-order valence-electron chi connectivity index (χ3n) is 5.08. The lowest BCUT2D eigenvalue weighted by atomic mass is 9.92. The summed E-state index contributed by atoms with van der Waals surface area (Å²) in [7, 11) is 0. The molecule has 0 bridgehead atoms. The molecule has 1 aliphatic rings. The number of nitrogens with two attached hydrogens (primary N) is 1. The highest BCUT2D eigenvalue weighted by atomic mass is 35.5. The lowest BCUT2D eigenvalue weighted by Crippen LogP contribution is -2.41. The Morgan fingerprint density at radius 3 is 2.55 bits per heavy atom. The second kappa shape index (κ2) is 7.84. The first-order valence-corrected chi connectivity index (χ1v) is 9.88. The van der Waals surface area contributed by atoms with E-state index in [9.17, 15) is 9.59 Å². The number of carbonyl (C=O) groups excluding carboxylic acids is 2. The summed E-state index contributed by atoms with van der Waals surface area (Å²) in [5.41, 5.74) is 6.85. The van der Waals surface area contributed by atoms with Gasteiger partial charge in [-0.1, -0.05) is 48.0 Å². The van der Waals surface area contributed by atoms with E-state index < -0.39 is 17.5 Å². The molecule has 0 radical (unpaired) electrons. The third kappa shape index (κ3) is 3.87. The molecule has 1 saturated heterocycles. The molecule has 0 spiro atoms. The molecule has 4 rings (SSSR count). The average molecular weight is 438 g/mol. The van der Waals surface area contributed by atoms with Gasteiger partial charge in [-0.3, -0.25) is 9.69 Å². The number of urea groups is 1. The summed E-state index contributed by atoms with van der Waals surface area (Å²) in [6.45, 7) is 3.39. The summed E-state index contributed by atoms with van der Waals surface area (Å²) < 4.78 is 0. The van der Waals surface area contributed by atoms with Crippen molar-refractivity contribution in [2.45, 2.75) is 25.9 Å². The first-order chi connectivity index (χ1) is 14.8. The van der Waals surface area contributed by atoms with E-state index in [1.165, 1.54) is 0 Å². The molecule has 0 unspecified atom stereocenters. The number of aryl methyl sites for hydroxylation is 1. The monoisotopic (exact) mass is 437 g/mol. The van der Waals surface area contributed by atoms with Gasteiger partial charge in [0.1, 0.15) is 5.54 Å². The van der Waals surface area contributed by atoms with Crippen molar-refractivity contribution in [3.05, 3.63) is 70.5 Å².